The van der Waals surface area contributed by atoms with Gasteiger partial charge in [0.2, 0.25) is 0 Å². The van der Waals surface area contributed by atoms with Gasteiger partial charge in [-0.1, -0.05) is 0 Å². The molecule has 0 saturated carbocycles. The van der Waals surface area contributed by atoms with Gasteiger partial charge < -0.3 is 11.1 Å². The quantitative estimate of drug-likeness (QED) is 0.879. The standard InChI is InChI=1S/C14H14N4S/c15-7-9-6-10(16)8-17-14(9)18-12-2-1-3-13-11(12)4-5-19-13/h4-6,8,12H,1-3,16H2,(H,17,18). The lowest BCUT2D eigenvalue weighted by molar-refractivity contribution is 0.607. The van der Waals surface area contributed by atoms with Crippen LogP contribution in [0.5, 0.6) is 0 Å². The summed E-state index contributed by atoms with van der Waals surface area (Å²) in [7, 11) is 0. The summed E-state index contributed by atoms with van der Waals surface area (Å²) in [5, 5.41) is 14.7. The second kappa shape index (κ2) is 4.90. The zero-order valence-electron chi connectivity index (χ0n) is 10.4. The molecule has 19 heavy (non-hydrogen) atoms. The van der Waals surface area contributed by atoms with Gasteiger partial charge >= 0.3 is 0 Å². The van der Waals surface area contributed by atoms with Crippen molar-refractivity contribution in [2.75, 3.05) is 11.1 Å². The van der Waals surface area contributed by atoms with Crippen molar-refractivity contribution >= 4 is 22.8 Å². The van der Waals surface area contributed by atoms with E-state index in [9.17, 15) is 0 Å². The van der Waals surface area contributed by atoms with E-state index < -0.39 is 0 Å². The second-order valence-corrected chi connectivity index (χ2v) is 5.67. The molecule has 5 heteroatoms. The number of nitriles is 1. The van der Waals surface area contributed by atoms with Gasteiger partial charge in [0.1, 0.15) is 11.9 Å². The first-order chi connectivity index (χ1) is 9.28. The number of aryl methyl sites for hydroxylation is 1. The van der Waals surface area contributed by atoms with Crippen LogP contribution in [0.1, 0.15) is 34.9 Å². The highest BCUT2D eigenvalue weighted by Crippen LogP contribution is 2.35. The number of nitrogens with zero attached hydrogens (tertiary/aromatic N) is 2. The van der Waals surface area contributed by atoms with Gasteiger partial charge in [0.25, 0.3) is 0 Å². The molecule has 2 heterocycles. The topological polar surface area (TPSA) is 74.7 Å². The summed E-state index contributed by atoms with van der Waals surface area (Å²) < 4.78 is 0. The third-order valence-corrected chi connectivity index (χ3v) is 4.39. The Morgan fingerprint density at radius 1 is 1.53 bits per heavy atom. The summed E-state index contributed by atoms with van der Waals surface area (Å²) in [6.45, 7) is 0. The molecule has 0 aliphatic heterocycles. The van der Waals surface area contributed by atoms with Crippen molar-refractivity contribution in [1.29, 1.82) is 5.26 Å². The van der Waals surface area contributed by atoms with Crippen molar-refractivity contribution < 1.29 is 0 Å². The van der Waals surface area contributed by atoms with E-state index in [0.717, 1.165) is 12.8 Å². The number of rotatable bonds is 2. The highest BCUT2D eigenvalue weighted by atomic mass is 32.1. The van der Waals surface area contributed by atoms with Crippen LogP contribution >= 0.6 is 11.3 Å². The molecule has 1 aliphatic carbocycles. The van der Waals surface area contributed by atoms with Gasteiger partial charge in [-0.2, -0.15) is 5.26 Å². The van der Waals surface area contributed by atoms with Gasteiger partial charge in [0, 0.05) is 4.88 Å². The predicted octanol–water partition coefficient (Wildman–Crippen LogP) is 3.09. The summed E-state index contributed by atoms with van der Waals surface area (Å²) in [5.74, 6) is 0.626. The van der Waals surface area contributed by atoms with E-state index in [1.54, 1.807) is 23.6 Å². The molecule has 0 spiro atoms. The SMILES string of the molecule is N#Cc1cc(N)cnc1NC1CCCc2sccc21. The summed E-state index contributed by atoms with van der Waals surface area (Å²) in [6, 6.07) is 6.22. The van der Waals surface area contributed by atoms with Crippen LogP contribution < -0.4 is 11.1 Å². The first kappa shape index (κ1) is 12.0. The first-order valence-electron chi connectivity index (χ1n) is 6.26. The minimum atomic E-state index is 0.248. The monoisotopic (exact) mass is 270 g/mol. The number of nitrogen functional groups attached to an aromatic ring is 1. The molecule has 1 unspecified atom stereocenters. The summed E-state index contributed by atoms with van der Waals surface area (Å²) in [5.41, 5.74) is 8.02. The number of fused-ring (bicyclic) bond motifs is 1. The van der Waals surface area contributed by atoms with Crippen molar-refractivity contribution in [2.24, 2.45) is 0 Å². The Labute approximate surface area is 115 Å². The largest absolute Gasteiger partial charge is 0.397 e. The lowest BCUT2D eigenvalue weighted by Gasteiger charge is -2.24. The summed E-state index contributed by atoms with van der Waals surface area (Å²) in [6.07, 6.45) is 4.98. The average molecular weight is 270 g/mol. The highest BCUT2D eigenvalue weighted by molar-refractivity contribution is 7.10. The molecule has 2 aromatic rings. The summed E-state index contributed by atoms with van der Waals surface area (Å²) >= 11 is 1.81. The van der Waals surface area contributed by atoms with Gasteiger partial charge in [-0.25, -0.2) is 4.98 Å². The zero-order chi connectivity index (χ0) is 13.2. The van der Waals surface area contributed by atoms with E-state index in [-0.39, 0.29) is 6.04 Å². The lowest BCUT2D eigenvalue weighted by Crippen LogP contribution is -2.17. The fourth-order valence-electron chi connectivity index (χ4n) is 2.48. The maximum Gasteiger partial charge on any atom is 0.144 e. The van der Waals surface area contributed by atoms with Crippen LogP contribution in [0.2, 0.25) is 0 Å². The van der Waals surface area contributed by atoms with Crippen molar-refractivity contribution in [1.82, 2.24) is 4.98 Å². The Balaban J connectivity index is 1.90. The Kier molecular flexibility index (Phi) is 3.10. The number of nitrogens with one attached hydrogen (secondary N) is 1. The number of pyridine rings is 1. The molecular weight excluding hydrogens is 256 g/mol. The molecule has 3 N–H and O–H groups in total. The van der Waals surface area contributed by atoms with E-state index in [0.29, 0.717) is 17.1 Å². The van der Waals surface area contributed by atoms with E-state index in [1.165, 1.54) is 16.9 Å². The number of aromatic nitrogens is 1. The maximum atomic E-state index is 9.14. The molecule has 3 rings (SSSR count). The van der Waals surface area contributed by atoms with Gasteiger partial charge in [0.05, 0.1) is 23.5 Å². The molecule has 0 saturated heterocycles. The van der Waals surface area contributed by atoms with Crippen molar-refractivity contribution in [3.8, 4) is 6.07 Å². The third-order valence-electron chi connectivity index (χ3n) is 3.39. The normalized spacial score (nSPS) is 17.5. The Hall–Kier alpha value is -2.06. The van der Waals surface area contributed by atoms with E-state index in [4.69, 9.17) is 11.0 Å². The van der Waals surface area contributed by atoms with Crippen molar-refractivity contribution in [3.05, 3.63) is 39.7 Å². The lowest BCUT2D eigenvalue weighted by atomic mass is 9.94. The minimum Gasteiger partial charge on any atom is -0.397 e. The molecule has 0 aromatic carbocycles. The maximum absolute atomic E-state index is 9.14. The smallest absolute Gasteiger partial charge is 0.144 e. The Bertz CT molecular complexity index is 641. The predicted molar refractivity (Wildman–Crippen MR) is 77.0 cm³/mol. The van der Waals surface area contributed by atoms with Crippen LogP contribution in [0, 0.1) is 11.3 Å². The van der Waals surface area contributed by atoms with Gasteiger partial charge in [0.15, 0.2) is 0 Å². The molecule has 0 fully saturated rings. The number of hydrogen-bond donors (Lipinski definition) is 2. The van der Waals surface area contributed by atoms with Crippen LogP contribution in [-0.2, 0) is 6.42 Å². The first-order valence-corrected chi connectivity index (χ1v) is 7.14. The zero-order valence-corrected chi connectivity index (χ0v) is 11.2. The van der Waals surface area contributed by atoms with Crippen molar-refractivity contribution in [2.45, 2.75) is 25.3 Å². The molecular formula is C14H14N4S. The third kappa shape index (κ3) is 2.27. The second-order valence-electron chi connectivity index (χ2n) is 4.66. The Morgan fingerprint density at radius 2 is 2.42 bits per heavy atom. The molecule has 0 radical (unpaired) electrons. The highest BCUT2D eigenvalue weighted by Gasteiger charge is 2.22. The number of hydrogen-bond acceptors (Lipinski definition) is 5. The fraction of sp³-hybridized carbons (Fsp3) is 0.286. The van der Waals surface area contributed by atoms with Crippen molar-refractivity contribution in [3.63, 3.8) is 0 Å². The van der Waals surface area contributed by atoms with Crippen LogP contribution in [0.25, 0.3) is 0 Å². The van der Waals surface area contributed by atoms with Crippen LogP contribution in [0.3, 0.4) is 0 Å². The number of thiophene rings is 1. The van der Waals surface area contributed by atoms with Gasteiger partial charge in [-0.05, 0) is 42.3 Å². The van der Waals surface area contributed by atoms with E-state index in [2.05, 4.69) is 27.8 Å². The van der Waals surface area contributed by atoms with Crippen LogP contribution in [0.4, 0.5) is 11.5 Å². The molecule has 4 nitrogen and oxygen atoms in total. The number of nitrogens with two attached hydrogens (primary N) is 1. The summed E-state index contributed by atoms with van der Waals surface area (Å²) in [4.78, 5) is 5.69. The van der Waals surface area contributed by atoms with Gasteiger partial charge in [-0.15, -0.1) is 11.3 Å². The van der Waals surface area contributed by atoms with Gasteiger partial charge in [-0.3, -0.25) is 0 Å². The molecule has 2 aromatic heterocycles. The molecule has 1 aliphatic rings. The van der Waals surface area contributed by atoms with Crippen LogP contribution in [0.15, 0.2) is 23.7 Å². The molecule has 1 atom stereocenters. The molecule has 0 bridgehead atoms. The minimum absolute atomic E-state index is 0.248. The van der Waals surface area contributed by atoms with Crippen LogP contribution in [-0.4, -0.2) is 4.98 Å². The average Bonchev–Trinajstić information content (AvgIpc) is 2.90. The number of anilines is 2. The fourth-order valence-corrected chi connectivity index (χ4v) is 3.47. The van der Waals surface area contributed by atoms with E-state index >= 15 is 0 Å². The van der Waals surface area contributed by atoms with E-state index in [1.807, 2.05) is 0 Å². The Morgan fingerprint density at radius 3 is 3.26 bits per heavy atom. The molecule has 0 amide bonds. The molecule has 96 valence electrons.